The number of carbonyl (C=O) groups excluding carboxylic acids is 2. The quantitative estimate of drug-likeness (QED) is 0.676. The average molecular weight is 358 g/mol. The van der Waals surface area contributed by atoms with Crippen LogP contribution in [0.15, 0.2) is 84.9 Å². The lowest BCUT2D eigenvalue weighted by Gasteiger charge is -2.18. The van der Waals surface area contributed by atoms with Gasteiger partial charge in [-0.15, -0.1) is 0 Å². The molecule has 2 amide bonds. The van der Waals surface area contributed by atoms with E-state index in [1.54, 1.807) is 18.2 Å². The maximum absolute atomic E-state index is 13.1. The standard InChI is InChI=1S/C23H22N2O2/c1-17(26)24-20-13-8-14-21(16-20)25-23(27)22(19-11-6-3-7-12-19)15-18-9-4-2-5-10-18/h2-14,16,22H,15H2,1H3,(H,24,26)(H,25,27). The van der Waals surface area contributed by atoms with Gasteiger partial charge >= 0.3 is 0 Å². The van der Waals surface area contributed by atoms with E-state index in [4.69, 9.17) is 0 Å². The van der Waals surface area contributed by atoms with Crippen LogP contribution in [0.4, 0.5) is 11.4 Å². The largest absolute Gasteiger partial charge is 0.326 e. The Balaban J connectivity index is 1.82. The molecule has 0 heterocycles. The molecule has 0 saturated carbocycles. The van der Waals surface area contributed by atoms with Crippen LogP contribution in [0.5, 0.6) is 0 Å². The molecule has 1 unspecified atom stereocenters. The van der Waals surface area contributed by atoms with Crippen molar-refractivity contribution in [1.82, 2.24) is 0 Å². The lowest BCUT2D eigenvalue weighted by molar-refractivity contribution is -0.117. The van der Waals surface area contributed by atoms with Crippen LogP contribution in [0.25, 0.3) is 0 Å². The SMILES string of the molecule is CC(=O)Nc1cccc(NC(=O)C(Cc2ccccc2)c2ccccc2)c1. The molecule has 0 saturated heterocycles. The van der Waals surface area contributed by atoms with Gasteiger partial charge < -0.3 is 10.6 Å². The minimum Gasteiger partial charge on any atom is -0.326 e. The van der Waals surface area contributed by atoms with E-state index in [0.29, 0.717) is 17.8 Å². The summed E-state index contributed by atoms with van der Waals surface area (Å²) in [5.41, 5.74) is 3.38. The highest BCUT2D eigenvalue weighted by atomic mass is 16.2. The number of anilines is 2. The van der Waals surface area contributed by atoms with Gasteiger partial charge in [0.1, 0.15) is 0 Å². The van der Waals surface area contributed by atoms with E-state index < -0.39 is 0 Å². The Kier molecular flexibility index (Phi) is 6.00. The Morgan fingerprint density at radius 2 is 1.37 bits per heavy atom. The lowest BCUT2D eigenvalue weighted by Crippen LogP contribution is -2.23. The van der Waals surface area contributed by atoms with Crippen LogP contribution in [0.3, 0.4) is 0 Å². The van der Waals surface area contributed by atoms with Crippen molar-refractivity contribution in [1.29, 1.82) is 0 Å². The first-order chi connectivity index (χ1) is 13.1. The second-order valence-corrected chi connectivity index (χ2v) is 6.40. The molecule has 0 aromatic heterocycles. The number of hydrogen-bond donors (Lipinski definition) is 2. The van der Waals surface area contributed by atoms with Crippen LogP contribution in [0.1, 0.15) is 24.0 Å². The first kappa shape index (κ1) is 18.4. The maximum atomic E-state index is 13.1. The van der Waals surface area contributed by atoms with E-state index in [1.807, 2.05) is 66.7 Å². The van der Waals surface area contributed by atoms with Crippen molar-refractivity contribution in [3.8, 4) is 0 Å². The Labute approximate surface area is 159 Å². The molecule has 0 aliphatic rings. The molecule has 1 atom stereocenters. The van der Waals surface area contributed by atoms with E-state index >= 15 is 0 Å². The van der Waals surface area contributed by atoms with Crippen LogP contribution < -0.4 is 10.6 Å². The van der Waals surface area contributed by atoms with Crippen molar-refractivity contribution in [2.45, 2.75) is 19.3 Å². The molecule has 4 heteroatoms. The first-order valence-corrected chi connectivity index (χ1v) is 8.89. The normalized spacial score (nSPS) is 11.4. The van der Waals surface area contributed by atoms with Crippen molar-refractivity contribution >= 4 is 23.2 Å². The molecular formula is C23H22N2O2. The van der Waals surface area contributed by atoms with Crippen LogP contribution in [-0.4, -0.2) is 11.8 Å². The fraction of sp³-hybridized carbons (Fsp3) is 0.130. The number of hydrogen-bond acceptors (Lipinski definition) is 2. The maximum Gasteiger partial charge on any atom is 0.232 e. The number of amides is 2. The van der Waals surface area contributed by atoms with E-state index in [9.17, 15) is 9.59 Å². The topological polar surface area (TPSA) is 58.2 Å². The Morgan fingerprint density at radius 3 is 2.00 bits per heavy atom. The van der Waals surface area contributed by atoms with Gasteiger partial charge in [0.25, 0.3) is 0 Å². The summed E-state index contributed by atoms with van der Waals surface area (Å²) in [5.74, 6) is -0.534. The molecule has 3 aromatic carbocycles. The van der Waals surface area contributed by atoms with Crippen LogP contribution in [-0.2, 0) is 16.0 Å². The van der Waals surface area contributed by atoms with Gasteiger partial charge in [-0.25, -0.2) is 0 Å². The van der Waals surface area contributed by atoms with Crippen molar-refractivity contribution in [3.63, 3.8) is 0 Å². The molecule has 0 aliphatic carbocycles. The minimum atomic E-state index is -0.307. The highest BCUT2D eigenvalue weighted by molar-refractivity contribution is 5.97. The summed E-state index contributed by atoms with van der Waals surface area (Å²) in [7, 11) is 0. The van der Waals surface area contributed by atoms with Crippen LogP contribution >= 0.6 is 0 Å². The number of rotatable bonds is 6. The zero-order valence-corrected chi connectivity index (χ0v) is 15.2. The molecule has 136 valence electrons. The Bertz CT molecular complexity index is 908. The van der Waals surface area contributed by atoms with E-state index in [-0.39, 0.29) is 17.7 Å². The number of benzene rings is 3. The molecule has 0 bridgehead atoms. The molecule has 3 rings (SSSR count). The van der Waals surface area contributed by atoms with Gasteiger partial charge in [-0.3, -0.25) is 9.59 Å². The summed E-state index contributed by atoms with van der Waals surface area (Å²) in [5, 5.41) is 5.71. The molecular weight excluding hydrogens is 336 g/mol. The third kappa shape index (κ3) is 5.28. The average Bonchev–Trinajstić information content (AvgIpc) is 2.67. The van der Waals surface area contributed by atoms with Crippen molar-refractivity contribution in [2.24, 2.45) is 0 Å². The van der Waals surface area contributed by atoms with Crippen LogP contribution in [0.2, 0.25) is 0 Å². The fourth-order valence-electron chi connectivity index (χ4n) is 3.00. The Morgan fingerprint density at radius 1 is 0.778 bits per heavy atom. The van der Waals surface area contributed by atoms with E-state index in [0.717, 1.165) is 11.1 Å². The second-order valence-electron chi connectivity index (χ2n) is 6.40. The van der Waals surface area contributed by atoms with Crippen LogP contribution in [0, 0.1) is 0 Å². The molecule has 4 nitrogen and oxygen atoms in total. The molecule has 0 radical (unpaired) electrons. The third-order valence-corrected chi connectivity index (χ3v) is 4.25. The lowest BCUT2D eigenvalue weighted by atomic mass is 9.91. The van der Waals surface area contributed by atoms with Gasteiger partial charge in [-0.2, -0.15) is 0 Å². The fourth-order valence-corrected chi connectivity index (χ4v) is 3.00. The molecule has 2 N–H and O–H groups in total. The van der Waals surface area contributed by atoms with Gasteiger partial charge in [0.05, 0.1) is 5.92 Å². The van der Waals surface area contributed by atoms with Crippen molar-refractivity contribution in [3.05, 3.63) is 96.1 Å². The third-order valence-electron chi connectivity index (χ3n) is 4.25. The summed E-state index contributed by atoms with van der Waals surface area (Å²) < 4.78 is 0. The summed E-state index contributed by atoms with van der Waals surface area (Å²) in [6, 6.07) is 26.9. The smallest absolute Gasteiger partial charge is 0.232 e. The van der Waals surface area contributed by atoms with Crippen molar-refractivity contribution in [2.75, 3.05) is 10.6 Å². The predicted octanol–water partition coefficient (Wildman–Crippen LogP) is 4.61. The molecule has 27 heavy (non-hydrogen) atoms. The molecule has 3 aromatic rings. The number of carbonyl (C=O) groups is 2. The van der Waals surface area contributed by atoms with Gasteiger partial charge in [-0.1, -0.05) is 66.7 Å². The van der Waals surface area contributed by atoms with Gasteiger partial charge in [-0.05, 0) is 35.7 Å². The monoisotopic (exact) mass is 358 g/mol. The zero-order valence-electron chi connectivity index (χ0n) is 15.2. The van der Waals surface area contributed by atoms with E-state index in [1.165, 1.54) is 6.92 Å². The molecule has 0 fully saturated rings. The number of nitrogens with one attached hydrogen (secondary N) is 2. The molecule has 0 aliphatic heterocycles. The first-order valence-electron chi connectivity index (χ1n) is 8.89. The zero-order chi connectivity index (χ0) is 19.1. The highest BCUT2D eigenvalue weighted by Gasteiger charge is 2.21. The molecule has 0 spiro atoms. The summed E-state index contributed by atoms with van der Waals surface area (Å²) in [6.07, 6.45) is 0.613. The van der Waals surface area contributed by atoms with Crippen molar-refractivity contribution < 1.29 is 9.59 Å². The Hall–Kier alpha value is -3.40. The summed E-state index contributed by atoms with van der Waals surface area (Å²) >= 11 is 0. The van der Waals surface area contributed by atoms with E-state index in [2.05, 4.69) is 10.6 Å². The predicted molar refractivity (Wildman–Crippen MR) is 109 cm³/mol. The summed E-state index contributed by atoms with van der Waals surface area (Å²) in [4.78, 5) is 24.3. The summed E-state index contributed by atoms with van der Waals surface area (Å²) in [6.45, 7) is 1.45. The van der Waals surface area contributed by atoms with Gasteiger partial charge in [0, 0.05) is 18.3 Å². The second kappa shape index (κ2) is 8.81. The van der Waals surface area contributed by atoms with Gasteiger partial charge in [0.15, 0.2) is 0 Å². The minimum absolute atomic E-state index is 0.0787. The highest BCUT2D eigenvalue weighted by Crippen LogP contribution is 2.24. The van der Waals surface area contributed by atoms with Gasteiger partial charge in [0.2, 0.25) is 11.8 Å².